The highest BCUT2D eigenvalue weighted by Crippen LogP contribution is 2.21. The van der Waals surface area contributed by atoms with E-state index in [1.807, 2.05) is 0 Å². The average Bonchev–Trinajstić information content (AvgIpc) is 2.58. The molecular formula is C17H15ClFNO4. The number of carbonyl (C=O) groups is 2. The molecule has 2 aromatic carbocycles. The van der Waals surface area contributed by atoms with Gasteiger partial charge in [0.1, 0.15) is 17.1 Å². The number of nitrogens with one attached hydrogen (secondary N) is 1. The van der Waals surface area contributed by atoms with Gasteiger partial charge in [0.25, 0.3) is 5.91 Å². The highest BCUT2D eigenvalue weighted by Gasteiger charge is 2.15. The summed E-state index contributed by atoms with van der Waals surface area (Å²) in [5.74, 6) is -1.13. The number of hydrogen-bond donors (Lipinski definition) is 1. The molecule has 0 aromatic heterocycles. The lowest BCUT2D eigenvalue weighted by Crippen LogP contribution is -2.23. The number of ether oxygens (including phenoxy) is 2. The molecule has 0 saturated carbocycles. The Morgan fingerprint density at radius 1 is 1.12 bits per heavy atom. The largest absolute Gasteiger partial charge is 0.496 e. The summed E-state index contributed by atoms with van der Waals surface area (Å²) in [6, 6.07) is 8.41. The second-order valence-electron chi connectivity index (χ2n) is 4.83. The molecule has 0 radical (unpaired) electrons. The van der Waals surface area contributed by atoms with E-state index in [1.165, 1.54) is 20.3 Å². The number of hydrogen-bond acceptors (Lipinski definition) is 4. The van der Waals surface area contributed by atoms with Crippen LogP contribution in [0, 0.1) is 5.82 Å². The first-order valence-electron chi connectivity index (χ1n) is 6.94. The van der Waals surface area contributed by atoms with Crippen LogP contribution in [0.1, 0.15) is 26.3 Å². The molecule has 2 aromatic rings. The Bertz CT molecular complexity index is 779. The van der Waals surface area contributed by atoms with Gasteiger partial charge in [-0.25, -0.2) is 9.18 Å². The second-order valence-corrected chi connectivity index (χ2v) is 5.24. The zero-order valence-corrected chi connectivity index (χ0v) is 13.8. The molecule has 0 fully saturated rings. The molecule has 0 aliphatic carbocycles. The van der Waals surface area contributed by atoms with Gasteiger partial charge in [0.15, 0.2) is 0 Å². The second kappa shape index (κ2) is 7.79. The van der Waals surface area contributed by atoms with Crippen molar-refractivity contribution in [2.75, 3.05) is 14.2 Å². The van der Waals surface area contributed by atoms with E-state index in [2.05, 4.69) is 5.32 Å². The number of rotatable bonds is 5. The van der Waals surface area contributed by atoms with Crippen molar-refractivity contribution < 1.29 is 23.5 Å². The molecule has 0 unspecified atom stereocenters. The molecule has 7 heteroatoms. The first-order valence-corrected chi connectivity index (χ1v) is 7.32. The fourth-order valence-electron chi connectivity index (χ4n) is 2.09. The van der Waals surface area contributed by atoms with Crippen LogP contribution in [0.3, 0.4) is 0 Å². The first-order chi connectivity index (χ1) is 11.5. The zero-order valence-electron chi connectivity index (χ0n) is 13.1. The van der Waals surface area contributed by atoms with Crippen molar-refractivity contribution in [2.45, 2.75) is 6.54 Å². The zero-order chi connectivity index (χ0) is 17.7. The minimum Gasteiger partial charge on any atom is -0.496 e. The lowest BCUT2D eigenvalue weighted by atomic mass is 10.1. The van der Waals surface area contributed by atoms with E-state index in [1.54, 1.807) is 18.2 Å². The summed E-state index contributed by atoms with van der Waals surface area (Å²) in [4.78, 5) is 23.9. The Morgan fingerprint density at radius 3 is 2.50 bits per heavy atom. The molecule has 0 spiro atoms. The van der Waals surface area contributed by atoms with E-state index in [9.17, 15) is 14.0 Å². The Labute approximate surface area is 143 Å². The van der Waals surface area contributed by atoms with Crippen LogP contribution in [0.15, 0.2) is 36.4 Å². The topological polar surface area (TPSA) is 64.6 Å². The molecule has 0 atom stereocenters. The maximum Gasteiger partial charge on any atom is 0.341 e. The van der Waals surface area contributed by atoms with E-state index in [0.29, 0.717) is 11.3 Å². The summed E-state index contributed by atoms with van der Waals surface area (Å²) >= 11 is 5.85. The number of halogens is 2. The van der Waals surface area contributed by atoms with Crippen molar-refractivity contribution in [1.29, 1.82) is 0 Å². The van der Waals surface area contributed by atoms with Crippen LogP contribution >= 0.6 is 11.6 Å². The highest BCUT2D eigenvalue weighted by atomic mass is 35.5. The van der Waals surface area contributed by atoms with Crippen molar-refractivity contribution in [3.63, 3.8) is 0 Å². The smallest absolute Gasteiger partial charge is 0.341 e. The average molecular weight is 352 g/mol. The van der Waals surface area contributed by atoms with Crippen molar-refractivity contribution in [1.82, 2.24) is 5.32 Å². The number of carbonyl (C=O) groups excluding carboxylic acids is 2. The van der Waals surface area contributed by atoms with E-state index in [4.69, 9.17) is 21.1 Å². The summed E-state index contributed by atoms with van der Waals surface area (Å²) < 4.78 is 22.8. The van der Waals surface area contributed by atoms with Crippen LogP contribution in [-0.2, 0) is 11.3 Å². The fourth-order valence-corrected chi connectivity index (χ4v) is 2.34. The molecular weight excluding hydrogens is 337 g/mol. The number of benzene rings is 2. The van der Waals surface area contributed by atoms with Gasteiger partial charge in [0, 0.05) is 6.54 Å². The fraction of sp³-hybridized carbons (Fsp3) is 0.176. The van der Waals surface area contributed by atoms with Gasteiger partial charge in [-0.05, 0) is 35.9 Å². The van der Waals surface area contributed by atoms with Crippen LogP contribution in [0.25, 0.3) is 0 Å². The van der Waals surface area contributed by atoms with Gasteiger partial charge in [-0.1, -0.05) is 17.7 Å². The molecule has 0 aliphatic rings. The third kappa shape index (κ3) is 4.02. The van der Waals surface area contributed by atoms with Crippen LogP contribution in [0.5, 0.6) is 5.75 Å². The van der Waals surface area contributed by atoms with E-state index >= 15 is 0 Å². The van der Waals surface area contributed by atoms with E-state index in [0.717, 1.165) is 12.1 Å². The minimum atomic E-state index is -0.540. The lowest BCUT2D eigenvalue weighted by Gasteiger charge is -2.10. The van der Waals surface area contributed by atoms with Crippen LogP contribution in [0.4, 0.5) is 4.39 Å². The van der Waals surface area contributed by atoms with Crippen LogP contribution in [-0.4, -0.2) is 26.1 Å². The normalized spacial score (nSPS) is 10.2. The van der Waals surface area contributed by atoms with Crippen molar-refractivity contribution in [3.05, 3.63) is 63.9 Å². The predicted molar refractivity (Wildman–Crippen MR) is 86.9 cm³/mol. The lowest BCUT2D eigenvalue weighted by molar-refractivity contribution is 0.0597. The van der Waals surface area contributed by atoms with Gasteiger partial charge in [-0.15, -0.1) is 0 Å². The number of esters is 1. The van der Waals surface area contributed by atoms with Gasteiger partial charge >= 0.3 is 5.97 Å². The number of amides is 1. The summed E-state index contributed by atoms with van der Waals surface area (Å²) in [5.41, 5.74) is 1.09. The molecule has 1 N–H and O–H groups in total. The summed E-state index contributed by atoms with van der Waals surface area (Å²) in [6.07, 6.45) is 0. The van der Waals surface area contributed by atoms with Crippen molar-refractivity contribution >= 4 is 23.5 Å². The molecule has 0 saturated heterocycles. The Morgan fingerprint density at radius 2 is 1.88 bits per heavy atom. The molecule has 1 amide bonds. The van der Waals surface area contributed by atoms with Gasteiger partial charge < -0.3 is 14.8 Å². The summed E-state index contributed by atoms with van der Waals surface area (Å²) in [7, 11) is 2.71. The standard InChI is InChI=1S/C17H15ClFNO4/c1-23-15-6-3-10(7-13(15)17(22)24-2)9-20-16(21)12-5-4-11(19)8-14(12)18/h3-8H,9H2,1-2H3,(H,20,21). The van der Waals surface area contributed by atoms with Gasteiger partial charge in [-0.3, -0.25) is 4.79 Å². The van der Waals surface area contributed by atoms with Gasteiger partial charge in [0.2, 0.25) is 0 Å². The minimum absolute atomic E-state index is 0.0254. The quantitative estimate of drug-likeness (QED) is 0.840. The highest BCUT2D eigenvalue weighted by molar-refractivity contribution is 6.33. The molecule has 2 rings (SSSR count). The maximum absolute atomic E-state index is 13.0. The number of methoxy groups -OCH3 is 2. The SMILES string of the molecule is COC(=O)c1cc(CNC(=O)c2ccc(F)cc2Cl)ccc1OC. The van der Waals surface area contributed by atoms with Gasteiger partial charge in [-0.2, -0.15) is 0 Å². The summed E-state index contributed by atoms with van der Waals surface area (Å²) in [5, 5.41) is 2.68. The molecule has 0 heterocycles. The molecule has 0 aliphatic heterocycles. The Kier molecular flexibility index (Phi) is 5.76. The van der Waals surface area contributed by atoms with E-state index < -0.39 is 17.7 Å². The molecule has 0 bridgehead atoms. The monoisotopic (exact) mass is 351 g/mol. The van der Waals surface area contributed by atoms with E-state index in [-0.39, 0.29) is 22.7 Å². The summed E-state index contributed by atoms with van der Waals surface area (Å²) in [6.45, 7) is 0.153. The first kappa shape index (κ1) is 17.7. The molecule has 126 valence electrons. The Hall–Kier alpha value is -2.60. The van der Waals surface area contributed by atoms with Crippen LogP contribution in [0.2, 0.25) is 5.02 Å². The van der Waals surface area contributed by atoms with Crippen LogP contribution < -0.4 is 10.1 Å². The molecule has 5 nitrogen and oxygen atoms in total. The Balaban J connectivity index is 2.14. The maximum atomic E-state index is 13.0. The van der Waals surface area contributed by atoms with Gasteiger partial charge in [0.05, 0.1) is 24.8 Å². The van der Waals surface area contributed by atoms with Crippen molar-refractivity contribution in [3.8, 4) is 5.75 Å². The third-order valence-corrected chi connectivity index (χ3v) is 3.61. The van der Waals surface area contributed by atoms with Crippen molar-refractivity contribution in [2.24, 2.45) is 0 Å². The molecule has 24 heavy (non-hydrogen) atoms. The predicted octanol–water partition coefficient (Wildman–Crippen LogP) is 3.20. The third-order valence-electron chi connectivity index (χ3n) is 3.30.